The number of fused-ring (bicyclic) bond motifs is 1. The summed E-state index contributed by atoms with van der Waals surface area (Å²) in [6.45, 7) is 8.23. The normalized spacial score (nSPS) is 18.6. The van der Waals surface area contributed by atoms with Gasteiger partial charge in [-0.05, 0) is 43.5 Å². The number of ether oxygens (including phenoxy) is 1. The minimum absolute atomic E-state index is 0.00232. The molecule has 2 aromatic carbocycles. The van der Waals surface area contributed by atoms with Crippen molar-refractivity contribution in [2.45, 2.75) is 44.9 Å². The predicted octanol–water partition coefficient (Wildman–Crippen LogP) is 4.65. The van der Waals surface area contributed by atoms with Crippen LogP contribution in [-0.2, 0) is 13.1 Å². The van der Waals surface area contributed by atoms with E-state index in [2.05, 4.69) is 34.0 Å². The number of aromatic hydroxyl groups is 1. The van der Waals surface area contributed by atoms with Gasteiger partial charge in [-0.1, -0.05) is 6.58 Å². The summed E-state index contributed by atoms with van der Waals surface area (Å²) in [5.74, 6) is 1.11. The molecule has 0 unspecified atom stereocenters. The number of phenolic OH excluding ortho intramolecular Hbond substituents is 1. The quantitative estimate of drug-likeness (QED) is 0.304. The monoisotopic (exact) mass is 541 g/mol. The number of carbonyl (C=O) groups excluding carboxylic acids is 1. The van der Waals surface area contributed by atoms with Crippen LogP contribution in [0.3, 0.4) is 0 Å². The van der Waals surface area contributed by atoms with Crippen LogP contribution in [0.25, 0.3) is 5.57 Å². The average molecular weight is 542 g/mol. The maximum absolute atomic E-state index is 13.5. The summed E-state index contributed by atoms with van der Waals surface area (Å²) in [6, 6.07) is 10.9. The molecule has 1 aromatic heterocycles. The standard InChI is InChI=1S/C30H35N7O3/c1-18(14-31)26-10-20(5-6-27(26)32-3)29(39)37-8-7-23(9-19(37)2)36-16-21-15-33-30(35-28(21)17-36)34-22-11-24(38)13-25(12-22)40-4/h5-6,10-15,19,23,31-32,38H,1,7-9,16-17H2,2-4H3,(H,33,34,35)/t19-,23-/m1/s1. The first-order chi connectivity index (χ1) is 19.3. The van der Waals surface area contributed by atoms with Crippen molar-refractivity contribution in [3.8, 4) is 11.5 Å². The molecular formula is C30H35N7O3. The number of benzene rings is 2. The fourth-order valence-corrected chi connectivity index (χ4v) is 5.58. The van der Waals surface area contributed by atoms with E-state index in [1.54, 1.807) is 25.3 Å². The maximum atomic E-state index is 13.5. The third-order valence-corrected chi connectivity index (χ3v) is 7.75. The number of carbonyl (C=O) groups is 1. The minimum Gasteiger partial charge on any atom is -0.508 e. The molecule has 1 fully saturated rings. The van der Waals surface area contributed by atoms with E-state index in [-0.39, 0.29) is 17.7 Å². The Hall–Kier alpha value is -4.44. The van der Waals surface area contributed by atoms with Gasteiger partial charge in [-0.15, -0.1) is 0 Å². The van der Waals surface area contributed by atoms with Gasteiger partial charge in [0, 0.05) is 97.4 Å². The topological polar surface area (TPSA) is 127 Å². The SMILES string of the molecule is C=C(C=N)c1cc(C(=O)N2CC[C@@H](N3Cc4cnc(Nc5cc(O)cc(OC)c5)nc4C3)C[C@H]2C)ccc1NC. The van der Waals surface area contributed by atoms with E-state index in [4.69, 9.17) is 15.1 Å². The lowest BCUT2D eigenvalue weighted by atomic mass is 9.95. The van der Waals surface area contributed by atoms with E-state index in [9.17, 15) is 9.90 Å². The number of likely N-dealkylation sites (tertiary alicyclic amines) is 1. The van der Waals surface area contributed by atoms with E-state index >= 15 is 0 Å². The lowest BCUT2D eigenvalue weighted by Gasteiger charge is -2.41. The zero-order valence-electron chi connectivity index (χ0n) is 23.1. The molecule has 40 heavy (non-hydrogen) atoms. The molecule has 1 amide bonds. The first-order valence-corrected chi connectivity index (χ1v) is 13.4. The number of amides is 1. The number of aromatic nitrogens is 2. The van der Waals surface area contributed by atoms with Gasteiger partial charge in [-0.25, -0.2) is 9.97 Å². The molecule has 0 bridgehead atoms. The van der Waals surface area contributed by atoms with E-state index in [0.29, 0.717) is 41.1 Å². The van der Waals surface area contributed by atoms with Gasteiger partial charge in [-0.3, -0.25) is 9.69 Å². The molecule has 4 N–H and O–H groups in total. The molecule has 0 spiro atoms. The van der Waals surface area contributed by atoms with Crippen molar-refractivity contribution in [3.63, 3.8) is 0 Å². The van der Waals surface area contributed by atoms with Gasteiger partial charge in [0.05, 0.1) is 12.8 Å². The number of methoxy groups -OCH3 is 1. The molecule has 10 nitrogen and oxygen atoms in total. The Morgan fingerprint density at radius 1 is 1.25 bits per heavy atom. The Labute approximate surface area is 234 Å². The highest BCUT2D eigenvalue weighted by Gasteiger charge is 2.35. The summed E-state index contributed by atoms with van der Waals surface area (Å²) in [6.07, 6.45) is 4.82. The average Bonchev–Trinajstić information content (AvgIpc) is 3.39. The Morgan fingerprint density at radius 2 is 2.08 bits per heavy atom. The van der Waals surface area contributed by atoms with Crippen molar-refractivity contribution in [2.24, 2.45) is 0 Å². The second-order valence-corrected chi connectivity index (χ2v) is 10.3. The molecule has 2 atom stereocenters. The molecular weight excluding hydrogens is 506 g/mol. The summed E-state index contributed by atoms with van der Waals surface area (Å²) in [5, 5.41) is 23.8. The Bertz CT molecular complexity index is 1460. The van der Waals surface area contributed by atoms with Crippen molar-refractivity contribution < 1.29 is 14.6 Å². The van der Waals surface area contributed by atoms with Crippen LogP contribution in [0.4, 0.5) is 17.3 Å². The van der Waals surface area contributed by atoms with Gasteiger partial charge in [0.1, 0.15) is 11.5 Å². The second kappa shape index (κ2) is 11.4. The van der Waals surface area contributed by atoms with Crippen LogP contribution in [0.5, 0.6) is 11.5 Å². The molecule has 10 heteroatoms. The number of allylic oxidation sites excluding steroid dienone is 1. The number of nitrogens with one attached hydrogen (secondary N) is 3. The molecule has 208 valence electrons. The van der Waals surface area contributed by atoms with Gasteiger partial charge in [-0.2, -0.15) is 0 Å². The summed E-state index contributed by atoms with van der Waals surface area (Å²) >= 11 is 0. The molecule has 0 radical (unpaired) electrons. The number of phenols is 1. The van der Waals surface area contributed by atoms with E-state index in [1.807, 2.05) is 36.3 Å². The predicted molar refractivity (Wildman–Crippen MR) is 157 cm³/mol. The minimum atomic E-state index is 0.00232. The lowest BCUT2D eigenvalue weighted by Crippen LogP contribution is -2.50. The molecule has 2 aliphatic heterocycles. The van der Waals surface area contributed by atoms with Crippen LogP contribution in [0.1, 0.15) is 46.9 Å². The summed E-state index contributed by atoms with van der Waals surface area (Å²) in [4.78, 5) is 27.1. The second-order valence-electron chi connectivity index (χ2n) is 10.3. The first kappa shape index (κ1) is 27.1. The van der Waals surface area contributed by atoms with Crippen molar-refractivity contribution >= 4 is 35.0 Å². The molecule has 0 aliphatic carbocycles. The zero-order valence-corrected chi connectivity index (χ0v) is 23.1. The fourth-order valence-electron chi connectivity index (χ4n) is 5.58. The molecule has 5 rings (SSSR count). The summed E-state index contributed by atoms with van der Waals surface area (Å²) < 4.78 is 5.23. The van der Waals surface area contributed by atoms with Crippen LogP contribution in [0.2, 0.25) is 0 Å². The lowest BCUT2D eigenvalue weighted by molar-refractivity contribution is 0.0460. The molecule has 2 aliphatic rings. The highest BCUT2D eigenvalue weighted by Crippen LogP contribution is 2.32. The number of rotatable bonds is 8. The van der Waals surface area contributed by atoms with Crippen molar-refractivity contribution in [1.82, 2.24) is 19.8 Å². The van der Waals surface area contributed by atoms with Crippen LogP contribution < -0.4 is 15.4 Å². The van der Waals surface area contributed by atoms with Crippen LogP contribution >= 0.6 is 0 Å². The molecule has 0 saturated carbocycles. The number of nitrogens with zero attached hydrogens (tertiary/aromatic N) is 4. The molecule has 1 saturated heterocycles. The maximum Gasteiger partial charge on any atom is 0.254 e. The van der Waals surface area contributed by atoms with Gasteiger partial charge in [0.2, 0.25) is 5.95 Å². The third kappa shape index (κ3) is 5.48. The van der Waals surface area contributed by atoms with E-state index < -0.39 is 0 Å². The highest BCUT2D eigenvalue weighted by molar-refractivity contribution is 6.10. The van der Waals surface area contributed by atoms with Gasteiger partial charge < -0.3 is 30.8 Å². The Morgan fingerprint density at radius 3 is 2.80 bits per heavy atom. The third-order valence-electron chi connectivity index (χ3n) is 7.75. The Kier molecular flexibility index (Phi) is 7.70. The van der Waals surface area contributed by atoms with Crippen LogP contribution in [0.15, 0.2) is 49.2 Å². The number of hydrogen-bond donors (Lipinski definition) is 4. The largest absolute Gasteiger partial charge is 0.508 e. The number of hydrogen-bond acceptors (Lipinski definition) is 9. The Balaban J connectivity index is 1.23. The summed E-state index contributed by atoms with van der Waals surface area (Å²) in [5.41, 5.74) is 5.51. The van der Waals surface area contributed by atoms with Gasteiger partial charge >= 0.3 is 0 Å². The van der Waals surface area contributed by atoms with Crippen LogP contribution in [0, 0.1) is 5.41 Å². The summed E-state index contributed by atoms with van der Waals surface area (Å²) in [7, 11) is 3.37. The first-order valence-electron chi connectivity index (χ1n) is 13.4. The zero-order chi connectivity index (χ0) is 28.4. The van der Waals surface area contributed by atoms with Crippen molar-refractivity contribution in [1.29, 1.82) is 5.41 Å². The smallest absolute Gasteiger partial charge is 0.254 e. The highest BCUT2D eigenvalue weighted by atomic mass is 16.5. The van der Waals surface area contributed by atoms with E-state index in [0.717, 1.165) is 48.4 Å². The van der Waals surface area contributed by atoms with Crippen LogP contribution in [-0.4, -0.2) is 69.8 Å². The van der Waals surface area contributed by atoms with Gasteiger partial charge in [0.15, 0.2) is 0 Å². The fraction of sp³-hybridized carbons (Fsp3) is 0.333. The number of anilines is 3. The van der Waals surface area contributed by atoms with Gasteiger partial charge in [0.25, 0.3) is 5.91 Å². The molecule has 3 heterocycles. The number of piperidine rings is 1. The van der Waals surface area contributed by atoms with Crippen molar-refractivity contribution in [2.75, 3.05) is 31.3 Å². The van der Waals surface area contributed by atoms with Crippen molar-refractivity contribution in [3.05, 3.63) is 71.6 Å². The van der Waals surface area contributed by atoms with E-state index in [1.165, 1.54) is 6.21 Å². The molecule has 3 aromatic rings.